The number of benzene rings is 1. The number of nitrogens with one attached hydrogen (secondary N) is 2. The Morgan fingerprint density at radius 2 is 1.79 bits per heavy atom. The maximum atomic E-state index is 12.4. The van der Waals surface area contributed by atoms with Crippen LogP contribution in [-0.2, 0) is 0 Å². The minimum atomic E-state index is -0.128. The molecule has 1 aromatic carbocycles. The molecule has 1 saturated heterocycles. The summed E-state index contributed by atoms with van der Waals surface area (Å²) in [6.45, 7) is 8.43. The van der Waals surface area contributed by atoms with Crippen molar-refractivity contribution in [3.8, 4) is 0 Å². The van der Waals surface area contributed by atoms with Gasteiger partial charge in [-0.3, -0.25) is 4.57 Å². The number of anilines is 3. The highest BCUT2D eigenvalue weighted by Gasteiger charge is 2.17. The number of imidazole rings is 1. The maximum absolute atomic E-state index is 12.4. The van der Waals surface area contributed by atoms with E-state index in [-0.39, 0.29) is 11.7 Å². The van der Waals surface area contributed by atoms with E-state index < -0.39 is 0 Å². The normalized spacial score (nSPS) is 15.4. The lowest BCUT2D eigenvalue weighted by molar-refractivity contribution is 0.313. The quantitative estimate of drug-likeness (QED) is 0.668. The van der Waals surface area contributed by atoms with E-state index in [1.807, 2.05) is 12.1 Å². The van der Waals surface area contributed by atoms with Crippen LogP contribution in [0.15, 0.2) is 35.3 Å². The first kappa shape index (κ1) is 19.4. The van der Waals surface area contributed by atoms with Crippen LogP contribution in [0.5, 0.6) is 0 Å². The maximum Gasteiger partial charge on any atom is 0.327 e. The Balaban J connectivity index is 1.55. The van der Waals surface area contributed by atoms with Crippen molar-refractivity contribution in [3.05, 3.63) is 40.9 Å². The molecule has 0 aliphatic carbocycles. The minimum Gasteiger partial charge on any atom is -0.369 e. The zero-order valence-corrected chi connectivity index (χ0v) is 17.4. The zero-order chi connectivity index (χ0) is 20.4. The van der Waals surface area contributed by atoms with Gasteiger partial charge in [-0.05, 0) is 44.2 Å². The Bertz CT molecular complexity index is 1010. The summed E-state index contributed by atoms with van der Waals surface area (Å²) in [6, 6.07) is 8.48. The SMILES string of the molecule is CCC(CC)n1c(=O)[nH]c2cnc(Nc3ccc(N4CCN(C)CC4)cc3)nc21. The van der Waals surface area contributed by atoms with Crippen LogP contribution < -0.4 is 15.9 Å². The van der Waals surface area contributed by atoms with Crippen molar-refractivity contribution < 1.29 is 0 Å². The summed E-state index contributed by atoms with van der Waals surface area (Å²) in [5, 5.41) is 3.27. The van der Waals surface area contributed by atoms with Crippen molar-refractivity contribution in [2.45, 2.75) is 32.7 Å². The molecule has 3 aromatic rings. The molecule has 3 heterocycles. The third kappa shape index (κ3) is 3.98. The Labute approximate surface area is 170 Å². The van der Waals surface area contributed by atoms with E-state index in [2.05, 4.69) is 63.1 Å². The minimum absolute atomic E-state index is 0.127. The average molecular weight is 396 g/mol. The summed E-state index contributed by atoms with van der Waals surface area (Å²) in [7, 11) is 2.16. The largest absolute Gasteiger partial charge is 0.369 e. The lowest BCUT2D eigenvalue weighted by Crippen LogP contribution is -2.44. The first-order chi connectivity index (χ1) is 14.1. The highest BCUT2D eigenvalue weighted by atomic mass is 16.1. The van der Waals surface area contributed by atoms with Gasteiger partial charge in [0.15, 0.2) is 5.65 Å². The number of piperazine rings is 1. The van der Waals surface area contributed by atoms with Crippen LogP contribution in [0.1, 0.15) is 32.7 Å². The molecule has 8 heteroatoms. The second kappa shape index (κ2) is 8.24. The number of H-pyrrole nitrogens is 1. The van der Waals surface area contributed by atoms with Crippen molar-refractivity contribution >= 4 is 28.5 Å². The third-order valence-corrected chi connectivity index (χ3v) is 5.76. The topological polar surface area (TPSA) is 82.1 Å². The summed E-state index contributed by atoms with van der Waals surface area (Å²) in [5.74, 6) is 0.489. The Morgan fingerprint density at radius 1 is 1.10 bits per heavy atom. The number of hydrogen-bond acceptors (Lipinski definition) is 6. The van der Waals surface area contributed by atoms with Gasteiger partial charge >= 0.3 is 5.69 Å². The monoisotopic (exact) mass is 395 g/mol. The molecule has 154 valence electrons. The third-order valence-electron chi connectivity index (χ3n) is 5.76. The number of likely N-dealkylation sites (N-methyl/N-ethyl adjacent to an activating group) is 1. The summed E-state index contributed by atoms with van der Waals surface area (Å²) >= 11 is 0. The van der Waals surface area contributed by atoms with Gasteiger partial charge in [0, 0.05) is 43.6 Å². The van der Waals surface area contributed by atoms with Gasteiger partial charge in [0.2, 0.25) is 5.95 Å². The molecule has 29 heavy (non-hydrogen) atoms. The van der Waals surface area contributed by atoms with Gasteiger partial charge in [-0.15, -0.1) is 0 Å². The molecule has 0 bridgehead atoms. The zero-order valence-electron chi connectivity index (χ0n) is 17.4. The smallest absolute Gasteiger partial charge is 0.327 e. The first-order valence-corrected chi connectivity index (χ1v) is 10.4. The molecule has 4 rings (SSSR count). The molecular weight excluding hydrogens is 366 g/mol. The Hall–Kier alpha value is -2.87. The van der Waals surface area contributed by atoms with Gasteiger partial charge in [-0.1, -0.05) is 13.8 Å². The summed E-state index contributed by atoms with van der Waals surface area (Å²) < 4.78 is 1.75. The fraction of sp³-hybridized carbons (Fsp3) is 0.476. The number of hydrogen-bond donors (Lipinski definition) is 2. The van der Waals surface area contributed by atoms with E-state index in [0.717, 1.165) is 44.7 Å². The highest BCUT2D eigenvalue weighted by molar-refractivity contribution is 5.72. The average Bonchev–Trinajstić information content (AvgIpc) is 3.06. The van der Waals surface area contributed by atoms with E-state index in [1.165, 1.54) is 5.69 Å². The van der Waals surface area contributed by atoms with Gasteiger partial charge in [-0.2, -0.15) is 4.98 Å². The van der Waals surface area contributed by atoms with Crippen LogP contribution in [0.3, 0.4) is 0 Å². The van der Waals surface area contributed by atoms with Crippen molar-refractivity contribution in [2.75, 3.05) is 43.4 Å². The predicted octanol–water partition coefficient (Wildman–Crippen LogP) is 2.98. The Kier molecular flexibility index (Phi) is 5.53. The van der Waals surface area contributed by atoms with Crippen molar-refractivity contribution in [2.24, 2.45) is 0 Å². The second-order valence-electron chi connectivity index (χ2n) is 7.66. The van der Waals surface area contributed by atoms with Crippen molar-refractivity contribution in [1.29, 1.82) is 0 Å². The molecule has 2 aromatic heterocycles. The van der Waals surface area contributed by atoms with Gasteiger partial charge in [0.1, 0.15) is 5.52 Å². The predicted molar refractivity (Wildman–Crippen MR) is 117 cm³/mol. The van der Waals surface area contributed by atoms with Crippen LogP contribution >= 0.6 is 0 Å². The van der Waals surface area contributed by atoms with Gasteiger partial charge in [0.05, 0.1) is 6.20 Å². The van der Waals surface area contributed by atoms with E-state index in [0.29, 0.717) is 17.1 Å². The standard InChI is InChI=1S/C21H29N7O/c1-4-16(5-2)28-19-18(24-21(28)29)14-22-20(25-19)23-15-6-8-17(9-7-15)27-12-10-26(3)11-13-27/h6-9,14,16H,4-5,10-13H2,1-3H3,(H,24,29)(H,22,23,25). The molecule has 0 amide bonds. The molecule has 0 atom stereocenters. The van der Waals surface area contributed by atoms with Gasteiger partial charge < -0.3 is 20.1 Å². The molecule has 1 aliphatic rings. The summed E-state index contributed by atoms with van der Waals surface area (Å²) in [6.07, 6.45) is 3.43. The number of nitrogens with zero attached hydrogens (tertiary/aromatic N) is 5. The molecule has 0 radical (unpaired) electrons. The van der Waals surface area contributed by atoms with Gasteiger partial charge in [0.25, 0.3) is 0 Å². The van der Waals surface area contributed by atoms with Crippen LogP contribution in [0, 0.1) is 0 Å². The van der Waals surface area contributed by atoms with Crippen LogP contribution in [0.4, 0.5) is 17.3 Å². The molecule has 0 spiro atoms. The molecular formula is C21H29N7O. The molecule has 8 nitrogen and oxygen atoms in total. The first-order valence-electron chi connectivity index (χ1n) is 10.4. The number of fused-ring (bicyclic) bond motifs is 1. The lowest BCUT2D eigenvalue weighted by Gasteiger charge is -2.34. The molecule has 1 aliphatic heterocycles. The number of rotatable bonds is 6. The highest BCUT2D eigenvalue weighted by Crippen LogP contribution is 2.23. The number of aromatic nitrogens is 4. The van der Waals surface area contributed by atoms with E-state index in [4.69, 9.17) is 0 Å². The molecule has 2 N–H and O–H groups in total. The van der Waals surface area contributed by atoms with Crippen molar-refractivity contribution in [3.63, 3.8) is 0 Å². The second-order valence-corrected chi connectivity index (χ2v) is 7.66. The van der Waals surface area contributed by atoms with E-state index in [1.54, 1.807) is 10.8 Å². The lowest BCUT2D eigenvalue weighted by atomic mass is 10.2. The summed E-state index contributed by atoms with van der Waals surface area (Å²) in [4.78, 5) is 29.0. The summed E-state index contributed by atoms with van der Waals surface area (Å²) in [5.41, 5.74) is 3.34. The van der Waals surface area contributed by atoms with Gasteiger partial charge in [-0.25, -0.2) is 9.78 Å². The fourth-order valence-corrected chi connectivity index (χ4v) is 3.92. The van der Waals surface area contributed by atoms with Crippen LogP contribution in [0.25, 0.3) is 11.2 Å². The van der Waals surface area contributed by atoms with Crippen LogP contribution in [-0.4, -0.2) is 57.6 Å². The molecule has 0 saturated carbocycles. The Morgan fingerprint density at radius 3 is 2.45 bits per heavy atom. The molecule has 0 unspecified atom stereocenters. The van der Waals surface area contributed by atoms with Crippen LogP contribution in [0.2, 0.25) is 0 Å². The van der Waals surface area contributed by atoms with Crippen molar-refractivity contribution in [1.82, 2.24) is 24.4 Å². The van der Waals surface area contributed by atoms with E-state index in [9.17, 15) is 4.79 Å². The fourth-order valence-electron chi connectivity index (χ4n) is 3.92. The number of aromatic amines is 1. The molecule has 1 fully saturated rings. The van der Waals surface area contributed by atoms with E-state index >= 15 is 0 Å².